The molecule has 0 unspecified atom stereocenters. The zero-order chi connectivity index (χ0) is 20.7. The Hall–Kier alpha value is -3.03. The molecule has 30 heavy (non-hydrogen) atoms. The van der Waals surface area contributed by atoms with Crippen LogP contribution in [0.2, 0.25) is 0 Å². The molecule has 0 saturated heterocycles. The van der Waals surface area contributed by atoms with Gasteiger partial charge in [-0.2, -0.15) is 0 Å². The summed E-state index contributed by atoms with van der Waals surface area (Å²) in [5, 5.41) is 1.23. The SMILES string of the molecule is C=C=Cc1cc2c(c(OC)c1)C(CCC)=C(c1cc3cccnc3n1CC1CC1)C2. The van der Waals surface area contributed by atoms with Crippen LogP contribution in [0.3, 0.4) is 0 Å². The Balaban J connectivity index is 1.71. The molecule has 0 spiro atoms. The van der Waals surface area contributed by atoms with Crippen molar-refractivity contribution in [1.82, 2.24) is 9.55 Å². The van der Waals surface area contributed by atoms with Gasteiger partial charge in [0.15, 0.2) is 0 Å². The fraction of sp³-hybridized carbons (Fsp3) is 0.333. The van der Waals surface area contributed by atoms with Crippen molar-refractivity contribution in [3.8, 4) is 5.75 Å². The van der Waals surface area contributed by atoms with Gasteiger partial charge in [0.1, 0.15) is 11.4 Å². The Kier molecular flexibility index (Phi) is 4.84. The largest absolute Gasteiger partial charge is 0.496 e. The summed E-state index contributed by atoms with van der Waals surface area (Å²) in [6, 6.07) is 10.9. The molecule has 2 aromatic heterocycles. The first-order valence-corrected chi connectivity index (χ1v) is 11.0. The predicted octanol–water partition coefficient (Wildman–Crippen LogP) is 6.52. The van der Waals surface area contributed by atoms with Crippen molar-refractivity contribution in [2.24, 2.45) is 5.92 Å². The van der Waals surface area contributed by atoms with E-state index in [1.807, 2.05) is 18.3 Å². The van der Waals surface area contributed by atoms with E-state index in [0.717, 1.165) is 48.7 Å². The van der Waals surface area contributed by atoms with Crippen LogP contribution in [-0.2, 0) is 13.0 Å². The Morgan fingerprint density at radius 3 is 2.90 bits per heavy atom. The molecule has 3 heteroatoms. The third kappa shape index (κ3) is 3.20. The Bertz CT molecular complexity index is 1200. The third-order valence-electron chi connectivity index (χ3n) is 6.33. The number of methoxy groups -OCH3 is 1. The Morgan fingerprint density at radius 1 is 1.30 bits per heavy atom. The lowest BCUT2D eigenvalue weighted by Crippen LogP contribution is -2.05. The molecule has 2 aliphatic carbocycles. The van der Waals surface area contributed by atoms with Crippen LogP contribution in [0.1, 0.15) is 55.0 Å². The molecular weight excluding hydrogens is 368 g/mol. The van der Waals surface area contributed by atoms with Gasteiger partial charge in [-0.05, 0) is 83.9 Å². The van der Waals surface area contributed by atoms with E-state index >= 15 is 0 Å². The van der Waals surface area contributed by atoms with Crippen LogP contribution in [0.5, 0.6) is 5.75 Å². The van der Waals surface area contributed by atoms with Crippen molar-refractivity contribution in [2.75, 3.05) is 7.11 Å². The average Bonchev–Trinajstić information content (AvgIpc) is 3.41. The van der Waals surface area contributed by atoms with Gasteiger partial charge in [-0.25, -0.2) is 4.98 Å². The van der Waals surface area contributed by atoms with Crippen LogP contribution >= 0.6 is 0 Å². The van der Waals surface area contributed by atoms with E-state index in [0.29, 0.717) is 0 Å². The standard InChI is InChI=1S/C27H28N2O/c1-4-7-19-13-21-15-23(22(8-5-2)26(21)25(14-19)30-3)24-16-20-9-6-12-28-27(20)29(24)17-18-10-11-18/h6-7,9,12-14,16,18H,1,5,8,10-11,15,17H2,2-3H3. The number of fused-ring (bicyclic) bond motifs is 2. The lowest BCUT2D eigenvalue weighted by molar-refractivity contribution is 0.413. The number of rotatable bonds is 7. The summed E-state index contributed by atoms with van der Waals surface area (Å²) in [4.78, 5) is 4.74. The Morgan fingerprint density at radius 2 is 2.17 bits per heavy atom. The van der Waals surface area contributed by atoms with Crippen molar-refractivity contribution < 1.29 is 4.74 Å². The first kappa shape index (κ1) is 19.0. The van der Waals surface area contributed by atoms with Gasteiger partial charge in [0, 0.05) is 35.8 Å². The van der Waals surface area contributed by atoms with Gasteiger partial charge in [0.2, 0.25) is 0 Å². The van der Waals surface area contributed by atoms with E-state index in [9.17, 15) is 0 Å². The molecule has 152 valence electrons. The van der Waals surface area contributed by atoms with Gasteiger partial charge in [-0.1, -0.05) is 19.9 Å². The van der Waals surface area contributed by atoms with Gasteiger partial charge in [-0.3, -0.25) is 0 Å². The normalized spacial score (nSPS) is 15.4. The van der Waals surface area contributed by atoms with E-state index < -0.39 is 0 Å². The average molecular weight is 397 g/mol. The maximum atomic E-state index is 5.85. The van der Waals surface area contributed by atoms with Gasteiger partial charge in [-0.15, -0.1) is 5.73 Å². The van der Waals surface area contributed by atoms with Crippen LogP contribution in [0, 0.1) is 5.92 Å². The molecule has 3 nitrogen and oxygen atoms in total. The van der Waals surface area contributed by atoms with Crippen molar-refractivity contribution in [1.29, 1.82) is 0 Å². The number of pyridine rings is 1. The van der Waals surface area contributed by atoms with Crippen LogP contribution in [-0.4, -0.2) is 16.7 Å². The topological polar surface area (TPSA) is 27.1 Å². The van der Waals surface area contributed by atoms with Crippen LogP contribution < -0.4 is 4.74 Å². The molecule has 2 aliphatic rings. The second-order valence-corrected chi connectivity index (χ2v) is 8.49. The van der Waals surface area contributed by atoms with Gasteiger partial charge < -0.3 is 9.30 Å². The van der Waals surface area contributed by atoms with Crippen LogP contribution in [0.15, 0.2) is 48.8 Å². The summed E-state index contributed by atoms with van der Waals surface area (Å²) in [6.45, 7) is 7.06. The highest BCUT2D eigenvalue weighted by Gasteiger charge is 2.30. The molecule has 3 aromatic rings. The summed E-state index contributed by atoms with van der Waals surface area (Å²) in [5.41, 5.74) is 11.9. The number of aromatic nitrogens is 2. The quantitative estimate of drug-likeness (QED) is 0.425. The molecule has 1 aromatic carbocycles. The van der Waals surface area contributed by atoms with Crippen LogP contribution in [0.4, 0.5) is 0 Å². The zero-order valence-electron chi connectivity index (χ0n) is 17.9. The minimum atomic E-state index is 0.791. The van der Waals surface area contributed by atoms with E-state index in [-0.39, 0.29) is 0 Å². The second kappa shape index (κ2) is 7.66. The number of nitrogens with zero attached hydrogens (tertiary/aromatic N) is 2. The number of ether oxygens (including phenoxy) is 1. The zero-order valence-corrected chi connectivity index (χ0v) is 17.9. The molecule has 0 N–H and O–H groups in total. The number of hydrogen-bond donors (Lipinski definition) is 0. The van der Waals surface area contributed by atoms with E-state index in [4.69, 9.17) is 9.72 Å². The fourth-order valence-electron chi connectivity index (χ4n) is 4.84. The molecule has 0 aliphatic heterocycles. The maximum Gasteiger partial charge on any atom is 0.140 e. The van der Waals surface area contributed by atoms with E-state index in [1.54, 1.807) is 7.11 Å². The molecule has 1 fully saturated rings. The summed E-state index contributed by atoms with van der Waals surface area (Å²) in [7, 11) is 1.77. The molecule has 5 rings (SSSR count). The number of benzene rings is 1. The first-order valence-electron chi connectivity index (χ1n) is 11.0. The van der Waals surface area contributed by atoms with Gasteiger partial charge >= 0.3 is 0 Å². The van der Waals surface area contributed by atoms with Gasteiger partial charge in [0.05, 0.1) is 7.11 Å². The minimum absolute atomic E-state index is 0.791. The molecule has 0 atom stereocenters. The lowest BCUT2D eigenvalue weighted by Gasteiger charge is -2.14. The summed E-state index contributed by atoms with van der Waals surface area (Å²) < 4.78 is 8.32. The molecule has 0 amide bonds. The van der Waals surface area contributed by atoms with E-state index in [1.165, 1.54) is 46.2 Å². The fourth-order valence-corrected chi connectivity index (χ4v) is 4.84. The molecule has 0 radical (unpaired) electrons. The third-order valence-corrected chi connectivity index (χ3v) is 6.33. The summed E-state index contributed by atoms with van der Waals surface area (Å²) in [6.07, 6.45) is 9.59. The number of allylic oxidation sites excluding steroid dienone is 2. The monoisotopic (exact) mass is 396 g/mol. The number of hydrogen-bond acceptors (Lipinski definition) is 2. The van der Waals surface area contributed by atoms with Crippen molar-refractivity contribution in [3.63, 3.8) is 0 Å². The maximum absolute atomic E-state index is 5.85. The highest BCUT2D eigenvalue weighted by Crippen LogP contribution is 2.47. The van der Waals surface area contributed by atoms with Crippen molar-refractivity contribution in [2.45, 2.75) is 45.6 Å². The van der Waals surface area contributed by atoms with E-state index in [2.05, 4.69) is 48.1 Å². The highest BCUT2D eigenvalue weighted by molar-refractivity contribution is 6.00. The lowest BCUT2D eigenvalue weighted by atomic mass is 9.97. The smallest absolute Gasteiger partial charge is 0.140 e. The second-order valence-electron chi connectivity index (χ2n) is 8.49. The summed E-state index contributed by atoms with van der Waals surface area (Å²) in [5.74, 6) is 1.75. The summed E-state index contributed by atoms with van der Waals surface area (Å²) >= 11 is 0. The molecule has 2 heterocycles. The minimum Gasteiger partial charge on any atom is -0.496 e. The molecular formula is C27H28N2O. The van der Waals surface area contributed by atoms with Crippen molar-refractivity contribution >= 4 is 28.3 Å². The molecule has 0 bridgehead atoms. The highest BCUT2D eigenvalue weighted by atomic mass is 16.5. The van der Waals surface area contributed by atoms with Crippen molar-refractivity contribution in [3.05, 3.63) is 71.2 Å². The first-order chi connectivity index (χ1) is 14.7. The van der Waals surface area contributed by atoms with Gasteiger partial charge in [0.25, 0.3) is 0 Å². The Labute approximate surface area is 178 Å². The van der Waals surface area contributed by atoms with Crippen LogP contribution in [0.25, 0.3) is 28.3 Å². The molecule has 1 saturated carbocycles. The predicted molar refractivity (Wildman–Crippen MR) is 124 cm³/mol.